The predicted octanol–water partition coefficient (Wildman–Crippen LogP) is 0.701. The Morgan fingerprint density at radius 2 is 2.07 bits per heavy atom. The smallest absolute Gasteiger partial charge is 0.325 e. The summed E-state index contributed by atoms with van der Waals surface area (Å²) in [6.45, 7) is 4.12. The average Bonchev–Trinajstić information content (AvgIpc) is 2.01. The van der Waals surface area contributed by atoms with Gasteiger partial charge >= 0.3 is 11.9 Å². The van der Waals surface area contributed by atoms with Crippen LogP contribution in [-0.2, 0) is 14.4 Å². The summed E-state index contributed by atoms with van der Waals surface area (Å²) in [6, 6.07) is -1.22. The van der Waals surface area contributed by atoms with Crippen molar-refractivity contribution in [1.82, 2.24) is 5.48 Å². The lowest BCUT2D eigenvalue weighted by Gasteiger charge is -2.26. The van der Waals surface area contributed by atoms with Crippen LogP contribution in [0.25, 0.3) is 0 Å². The van der Waals surface area contributed by atoms with Crippen molar-refractivity contribution >= 4 is 23.9 Å². The van der Waals surface area contributed by atoms with E-state index in [1.54, 1.807) is 0 Å². The van der Waals surface area contributed by atoms with Crippen LogP contribution >= 0.6 is 11.9 Å². The Hall–Kier alpha value is -1.15. The Balaban J connectivity index is 4.57. The highest BCUT2D eigenvalue weighted by atomic mass is 32.2. The molecule has 0 fully saturated rings. The molecule has 0 aliphatic carbocycles. The average molecular weight is 236 g/mol. The number of carbonyl (C=O) groups excluding carboxylic acids is 1. The maximum absolute atomic E-state index is 10.8. The van der Waals surface area contributed by atoms with Crippen LogP contribution in [0.2, 0.25) is 0 Å². The van der Waals surface area contributed by atoms with E-state index in [4.69, 9.17) is 5.11 Å². The van der Waals surface area contributed by atoms with Gasteiger partial charge in [-0.3, -0.25) is 9.59 Å². The standard InChI is InChI=1S/C7H12N2O5S/c1-4(10)14-8-5(6(11)12)7(2,3)15-9-13/h5,8H,1-3H3,(H,11,12)/t5-/m1/s1. The molecule has 0 aromatic carbocycles. The topological polar surface area (TPSA) is 105 Å². The van der Waals surface area contributed by atoms with Gasteiger partial charge < -0.3 is 9.94 Å². The van der Waals surface area contributed by atoms with Crippen molar-refractivity contribution < 1.29 is 19.5 Å². The third-order valence-corrected chi connectivity index (χ3v) is 2.32. The van der Waals surface area contributed by atoms with Crippen LogP contribution in [0, 0.1) is 4.91 Å². The highest BCUT2D eigenvalue weighted by Gasteiger charge is 2.38. The molecule has 0 unspecified atom stereocenters. The van der Waals surface area contributed by atoms with E-state index in [0.717, 1.165) is 6.92 Å². The second kappa shape index (κ2) is 5.66. The lowest BCUT2D eigenvalue weighted by molar-refractivity contribution is -0.156. The van der Waals surface area contributed by atoms with Gasteiger partial charge in [-0.1, -0.05) is 0 Å². The molecule has 15 heavy (non-hydrogen) atoms. The molecule has 0 spiro atoms. The molecule has 0 heterocycles. The molecule has 8 heteroatoms. The second-order valence-electron chi connectivity index (χ2n) is 3.25. The van der Waals surface area contributed by atoms with E-state index in [9.17, 15) is 14.5 Å². The van der Waals surface area contributed by atoms with Gasteiger partial charge in [0.05, 0.1) is 4.75 Å². The third-order valence-electron chi connectivity index (χ3n) is 1.54. The number of hydroxylamine groups is 1. The number of nitroso groups, excluding NO2 is 1. The van der Waals surface area contributed by atoms with Gasteiger partial charge in [0.2, 0.25) is 0 Å². The van der Waals surface area contributed by atoms with Crippen molar-refractivity contribution in [2.45, 2.75) is 31.6 Å². The summed E-state index contributed by atoms with van der Waals surface area (Å²) in [4.78, 5) is 35.8. The zero-order valence-corrected chi connectivity index (χ0v) is 9.33. The molecular weight excluding hydrogens is 224 g/mol. The lowest BCUT2D eigenvalue weighted by Crippen LogP contribution is -2.50. The van der Waals surface area contributed by atoms with Gasteiger partial charge in [0.25, 0.3) is 0 Å². The zero-order valence-electron chi connectivity index (χ0n) is 8.51. The predicted molar refractivity (Wildman–Crippen MR) is 53.8 cm³/mol. The Labute approximate surface area is 90.6 Å². The summed E-state index contributed by atoms with van der Waals surface area (Å²) >= 11 is 0.556. The van der Waals surface area contributed by atoms with Gasteiger partial charge in [-0.25, -0.2) is 0 Å². The number of aliphatic carboxylic acids is 1. The summed E-state index contributed by atoms with van der Waals surface area (Å²) in [7, 11) is 0. The molecule has 0 rings (SSSR count). The Kier molecular flexibility index (Phi) is 5.23. The van der Waals surface area contributed by atoms with E-state index < -0.39 is 22.7 Å². The Morgan fingerprint density at radius 1 is 1.53 bits per heavy atom. The molecule has 0 aromatic heterocycles. The molecule has 0 bridgehead atoms. The SMILES string of the molecule is CC(=O)ON[C@H](C(=O)O)C(C)(C)SN=O. The van der Waals surface area contributed by atoms with Gasteiger partial charge in [-0.15, -0.1) is 10.4 Å². The van der Waals surface area contributed by atoms with Crippen molar-refractivity contribution in [3.8, 4) is 0 Å². The zero-order chi connectivity index (χ0) is 12.1. The summed E-state index contributed by atoms with van der Waals surface area (Å²) in [5.41, 5.74) is 2.07. The van der Waals surface area contributed by atoms with Crippen LogP contribution in [-0.4, -0.2) is 27.8 Å². The first-order chi connectivity index (χ1) is 6.81. The maximum atomic E-state index is 10.8. The first-order valence-electron chi connectivity index (χ1n) is 3.98. The number of carboxylic acids is 1. The van der Waals surface area contributed by atoms with Gasteiger partial charge in [0, 0.05) is 23.5 Å². The number of carbonyl (C=O) groups is 2. The van der Waals surface area contributed by atoms with Crippen LogP contribution in [0.1, 0.15) is 20.8 Å². The van der Waals surface area contributed by atoms with Crippen molar-refractivity contribution in [2.24, 2.45) is 4.58 Å². The van der Waals surface area contributed by atoms with Gasteiger partial charge in [0.1, 0.15) is 0 Å². The number of nitrogens with one attached hydrogen (secondary N) is 1. The molecule has 0 aliphatic heterocycles. The molecule has 7 nitrogen and oxygen atoms in total. The van der Waals surface area contributed by atoms with Crippen molar-refractivity contribution in [3.05, 3.63) is 4.91 Å². The first-order valence-corrected chi connectivity index (χ1v) is 4.75. The molecule has 86 valence electrons. The molecule has 0 saturated heterocycles. The highest BCUT2D eigenvalue weighted by molar-refractivity contribution is 7.99. The van der Waals surface area contributed by atoms with Crippen molar-refractivity contribution in [2.75, 3.05) is 0 Å². The van der Waals surface area contributed by atoms with Crippen molar-refractivity contribution in [1.29, 1.82) is 0 Å². The van der Waals surface area contributed by atoms with E-state index in [1.165, 1.54) is 13.8 Å². The number of rotatable bonds is 6. The molecule has 0 aromatic rings. The van der Waals surface area contributed by atoms with E-state index in [0.29, 0.717) is 11.9 Å². The van der Waals surface area contributed by atoms with Gasteiger partial charge in [0.15, 0.2) is 6.04 Å². The summed E-state index contributed by atoms with van der Waals surface area (Å²) < 4.78 is 1.54. The fourth-order valence-electron chi connectivity index (χ4n) is 0.780. The van der Waals surface area contributed by atoms with Crippen LogP contribution < -0.4 is 5.48 Å². The molecule has 1 atom stereocenters. The Bertz CT molecular complexity index is 268. The number of hydrogen-bond acceptors (Lipinski definition) is 7. The molecule has 0 saturated carbocycles. The molecule has 0 aliphatic rings. The van der Waals surface area contributed by atoms with E-state index in [-0.39, 0.29) is 0 Å². The maximum Gasteiger partial charge on any atom is 0.325 e. The van der Waals surface area contributed by atoms with E-state index in [1.807, 2.05) is 0 Å². The van der Waals surface area contributed by atoms with Crippen LogP contribution in [0.4, 0.5) is 0 Å². The minimum Gasteiger partial charge on any atom is -0.480 e. The number of hydrogen-bond donors (Lipinski definition) is 2. The largest absolute Gasteiger partial charge is 0.480 e. The third kappa shape index (κ3) is 4.75. The van der Waals surface area contributed by atoms with E-state index >= 15 is 0 Å². The minimum atomic E-state index is -1.24. The van der Waals surface area contributed by atoms with Crippen LogP contribution in [0.5, 0.6) is 0 Å². The van der Waals surface area contributed by atoms with E-state index in [2.05, 4.69) is 14.9 Å². The molecular formula is C7H12N2O5S. The van der Waals surface area contributed by atoms with Crippen LogP contribution in [0.3, 0.4) is 0 Å². The van der Waals surface area contributed by atoms with Crippen molar-refractivity contribution in [3.63, 3.8) is 0 Å². The first kappa shape index (κ1) is 13.8. The normalized spacial score (nSPS) is 13.0. The quantitative estimate of drug-likeness (QED) is 0.397. The van der Waals surface area contributed by atoms with Gasteiger partial charge in [-0.05, 0) is 13.8 Å². The summed E-state index contributed by atoms with van der Waals surface area (Å²) in [5.74, 6) is -1.90. The van der Waals surface area contributed by atoms with Crippen LogP contribution in [0.15, 0.2) is 4.58 Å². The fraction of sp³-hybridized carbons (Fsp3) is 0.714. The number of nitrogens with zero attached hydrogens (tertiary/aromatic N) is 1. The lowest BCUT2D eigenvalue weighted by atomic mass is 10.0. The number of carboxylic acid groups (broad SMARTS) is 1. The minimum absolute atomic E-state index is 0.556. The monoisotopic (exact) mass is 236 g/mol. The molecule has 2 N–H and O–H groups in total. The Morgan fingerprint density at radius 3 is 2.40 bits per heavy atom. The fourth-order valence-corrected chi connectivity index (χ4v) is 1.23. The molecule has 0 amide bonds. The second-order valence-corrected chi connectivity index (χ2v) is 4.64. The molecule has 0 radical (unpaired) electrons. The van der Waals surface area contributed by atoms with Gasteiger partial charge in [-0.2, -0.15) is 0 Å². The summed E-state index contributed by atoms with van der Waals surface area (Å²) in [5, 5.41) is 8.84. The highest BCUT2D eigenvalue weighted by Crippen LogP contribution is 2.29. The summed E-state index contributed by atoms with van der Waals surface area (Å²) in [6.07, 6.45) is 0.